The molecule has 1 saturated carbocycles. The van der Waals surface area contributed by atoms with Gasteiger partial charge in [-0.1, -0.05) is 43.5 Å². The van der Waals surface area contributed by atoms with Gasteiger partial charge in [-0.2, -0.15) is 0 Å². The average Bonchev–Trinajstić information content (AvgIpc) is 3.61. The number of ketones is 1. The summed E-state index contributed by atoms with van der Waals surface area (Å²) in [5.74, 6) is -1.40. The van der Waals surface area contributed by atoms with Crippen LogP contribution in [0, 0.1) is 5.92 Å². The summed E-state index contributed by atoms with van der Waals surface area (Å²) in [6.07, 6.45) is 7.28. The monoisotopic (exact) mass is 660 g/mol. The predicted molar refractivity (Wildman–Crippen MR) is 176 cm³/mol. The molecule has 7 rings (SSSR count). The van der Waals surface area contributed by atoms with Crippen LogP contribution in [-0.4, -0.2) is 55.7 Å². The first-order chi connectivity index (χ1) is 21.7. The standard InChI is InChI=1S/C33H29ClN4O5S2/c34-13-17-6-8-19-21-12-18(7-9-20(21)28(39)22(19)11-17)24-14-44-31-26(30(41)38(31)27(24)32(42)43)37-29(40)23(25-15-45-33(35)36-25)10-16-4-2-1-3-5-16/h6-12,15-16,26,31H,1-5,13-14H2,(H2,35,36)(H,37,40)(H,42,43)/b23-10-/t26-,31+/m1/s1. The molecule has 3 heterocycles. The quantitative estimate of drug-likeness (QED) is 0.133. The Hall–Kier alpha value is -3.93. The molecule has 0 bridgehead atoms. The second kappa shape index (κ2) is 11.8. The lowest BCUT2D eigenvalue weighted by molar-refractivity contribution is -0.150. The molecule has 230 valence electrons. The molecule has 9 nitrogen and oxygen atoms in total. The summed E-state index contributed by atoms with van der Waals surface area (Å²) < 4.78 is 0. The van der Waals surface area contributed by atoms with Gasteiger partial charge in [0, 0.05) is 33.7 Å². The summed E-state index contributed by atoms with van der Waals surface area (Å²) in [7, 11) is 0. The van der Waals surface area contributed by atoms with E-state index in [1.807, 2.05) is 24.3 Å². The number of hydrogen-bond donors (Lipinski definition) is 3. The molecule has 2 amide bonds. The third-order valence-electron chi connectivity index (χ3n) is 8.94. The molecular formula is C33H29ClN4O5S2. The number of carbonyl (C=O) groups excluding carboxylic acids is 3. The molecule has 2 aliphatic heterocycles. The number of nitrogens with two attached hydrogens (primary N) is 1. The van der Waals surface area contributed by atoms with E-state index in [1.165, 1.54) is 34.4 Å². The Kier molecular flexibility index (Phi) is 7.79. The van der Waals surface area contributed by atoms with Crippen molar-refractivity contribution in [2.45, 2.75) is 49.4 Å². The number of nitrogens with zero attached hydrogens (tertiary/aromatic N) is 2. The molecule has 0 unspecified atom stereocenters. The van der Waals surface area contributed by atoms with Crippen molar-refractivity contribution in [2.24, 2.45) is 5.92 Å². The largest absolute Gasteiger partial charge is 0.477 e. The number of fused-ring (bicyclic) bond motifs is 4. The first-order valence-corrected chi connectivity index (χ1v) is 17.2. The highest BCUT2D eigenvalue weighted by atomic mass is 35.5. The number of amides is 2. The molecule has 2 aliphatic carbocycles. The Bertz CT molecular complexity index is 1840. The minimum absolute atomic E-state index is 0.0993. The van der Waals surface area contributed by atoms with E-state index < -0.39 is 29.2 Å². The first-order valence-electron chi connectivity index (χ1n) is 14.8. The van der Waals surface area contributed by atoms with Gasteiger partial charge < -0.3 is 16.2 Å². The SMILES string of the molecule is Nc1nc(/C(=C/C2CCCCC2)C(=O)N[C@@H]2C(=O)N3C(C(=O)O)=C(c4ccc5c(c4)-c4ccc(CCl)cc4C5=O)CS[C@@H]23)cs1. The van der Waals surface area contributed by atoms with Crippen molar-refractivity contribution in [3.63, 3.8) is 0 Å². The van der Waals surface area contributed by atoms with Gasteiger partial charge in [0.1, 0.15) is 17.1 Å². The van der Waals surface area contributed by atoms with E-state index in [0.29, 0.717) is 50.3 Å². The lowest BCUT2D eigenvalue weighted by atomic mass is 9.87. The van der Waals surface area contributed by atoms with Crippen LogP contribution in [-0.2, 0) is 20.3 Å². The van der Waals surface area contributed by atoms with E-state index in [0.717, 1.165) is 42.4 Å². The number of benzene rings is 2. The summed E-state index contributed by atoms with van der Waals surface area (Å²) in [4.78, 5) is 58.5. The van der Waals surface area contributed by atoms with Crippen LogP contribution in [0.4, 0.5) is 5.13 Å². The Balaban J connectivity index is 1.16. The zero-order chi connectivity index (χ0) is 31.4. The van der Waals surface area contributed by atoms with Gasteiger partial charge in [-0.3, -0.25) is 19.3 Å². The number of thiazole rings is 1. The number of aromatic nitrogens is 1. The van der Waals surface area contributed by atoms with Crippen molar-refractivity contribution in [1.29, 1.82) is 0 Å². The lowest BCUT2D eigenvalue weighted by Crippen LogP contribution is -2.70. The molecule has 3 aromatic rings. The maximum absolute atomic E-state index is 13.6. The second-order valence-electron chi connectivity index (χ2n) is 11.6. The number of nitrogens with one attached hydrogen (secondary N) is 1. The number of nitrogen functional groups attached to an aromatic ring is 1. The number of anilines is 1. The Morgan fingerprint density at radius 3 is 2.56 bits per heavy atom. The van der Waals surface area contributed by atoms with Crippen molar-refractivity contribution in [3.05, 3.63) is 81.5 Å². The number of halogens is 1. The molecule has 0 spiro atoms. The van der Waals surface area contributed by atoms with Crippen LogP contribution in [0.2, 0.25) is 0 Å². The molecular weight excluding hydrogens is 632 g/mol. The minimum atomic E-state index is -1.23. The van der Waals surface area contributed by atoms with Gasteiger partial charge in [-0.15, -0.1) is 34.7 Å². The first kappa shape index (κ1) is 29.8. The van der Waals surface area contributed by atoms with E-state index >= 15 is 0 Å². The summed E-state index contributed by atoms with van der Waals surface area (Å²) in [6.45, 7) is 0. The van der Waals surface area contributed by atoms with Gasteiger partial charge in [0.2, 0.25) is 0 Å². The summed E-state index contributed by atoms with van der Waals surface area (Å²) >= 11 is 8.63. The molecule has 1 saturated heterocycles. The molecule has 4 aliphatic rings. The molecule has 1 aromatic heterocycles. The third kappa shape index (κ3) is 5.16. The predicted octanol–water partition coefficient (Wildman–Crippen LogP) is 5.54. The average molecular weight is 661 g/mol. The topological polar surface area (TPSA) is 143 Å². The maximum Gasteiger partial charge on any atom is 0.352 e. The normalized spacial score (nSPS) is 21.3. The zero-order valence-corrected chi connectivity index (χ0v) is 26.4. The van der Waals surface area contributed by atoms with Crippen molar-refractivity contribution in [3.8, 4) is 11.1 Å². The van der Waals surface area contributed by atoms with Crippen molar-refractivity contribution in [2.75, 3.05) is 11.5 Å². The highest BCUT2D eigenvalue weighted by molar-refractivity contribution is 8.00. The van der Waals surface area contributed by atoms with Crippen molar-refractivity contribution in [1.82, 2.24) is 15.2 Å². The Morgan fingerprint density at radius 1 is 1.07 bits per heavy atom. The van der Waals surface area contributed by atoms with Gasteiger partial charge in [-0.05, 0) is 59.2 Å². The lowest BCUT2D eigenvalue weighted by Gasteiger charge is -2.49. The molecule has 4 N–H and O–H groups in total. The number of carboxylic acid groups (broad SMARTS) is 1. The smallest absolute Gasteiger partial charge is 0.352 e. The third-order valence-corrected chi connectivity index (χ3v) is 11.2. The summed E-state index contributed by atoms with van der Waals surface area (Å²) in [5.41, 5.74) is 11.2. The number of aliphatic carboxylic acids is 1. The second-order valence-corrected chi connectivity index (χ2v) is 13.9. The van der Waals surface area contributed by atoms with Crippen LogP contribution < -0.4 is 11.1 Å². The fourth-order valence-corrected chi connectivity index (χ4v) is 8.78. The van der Waals surface area contributed by atoms with Crippen LogP contribution in [0.1, 0.15) is 64.8 Å². The van der Waals surface area contributed by atoms with Crippen LogP contribution in [0.15, 0.2) is 53.6 Å². The van der Waals surface area contributed by atoms with E-state index in [2.05, 4.69) is 10.3 Å². The molecule has 2 fully saturated rings. The number of alkyl halides is 1. The van der Waals surface area contributed by atoms with Gasteiger partial charge in [0.05, 0.1) is 11.3 Å². The number of thioether (sulfide) groups is 1. The van der Waals surface area contributed by atoms with Crippen molar-refractivity contribution >= 4 is 74.5 Å². The van der Waals surface area contributed by atoms with E-state index in [4.69, 9.17) is 17.3 Å². The molecule has 0 radical (unpaired) electrons. The Labute approximate surface area is 272 Å². The van der Waals surface area contributed by atoms with Gasteiger partial charge >= 0.3 is 5.97 Å². The fraction of sp³-hybridized carbons (Fsp3) is 0.303. The molecule has 2 atom stereocenters. The zero-order valence-electron chi connectivity index (χ0n) is 24.0. The van der Waals surface area contributed by atoms with Crippen LogP contribution in [0.25, 0.3) is 22.3 Å². The van der Waals surface area contributed by atoms with Crippen LogP contribution >= 0.6 is 34.7 Å². The fourth-order valence-electron chi connectivity index (χ4n) is 6.68. The van der Waals surface area contributed by atoms with E-state index in [1.54, 1.807) is 23.6 Å². The van der Waals surface area contributed by atoms with Crippen molar-refractivity contribution < 1.29 is 24.3 Å². The number of carboxylic acids is 1. The van der Waals surface area contributed by atoms with Crippen LogP contribution in [0.5, 0.6) is 0 Å². The number of rotatable bonds is 7. The van der Waals surface area contributed by atoms with Gasteiger partial charge in [-0.25, -0.2) is 9.78 Å². The molecule has 12 heteroatoms. The highest BCUT2D eigenvalue weighted by Gasteiger charge is 2.54. The number of β-lactam (4-membered cyclic amide) rings is 1. The summed E-state index contributed by atoms with van der Waals surface area (Å²) in [6, 6.07) is 9.91. The Morgan fingerprint density at radius 2 is 1.84 bits per heavy atom. The number of hydrogen-bond acceptors (Lipinski definition) is 8. The minimum Gasteiger partial charge on any atom is -0.477 e. The molecule has 45 heavy (non-hydrogen) atoms. The van der Waals surface area contributed by atoms with Gasteiger partial charge in [0.25, 0.3) is 11.8 Å². The maximum atomic E-state index is 13.6. The number of carbonyl (C=O) groups is 4. The highest BCUT2D eigenvalue weighted by Crippen LogP contribution is 2.45. The summed E-state index contributed by atoms with van der Waals surface area (Å²) in [5, 5.41) is 14.7. The number of allylic oxidation sites excluding steroid dienone is 1. The molecule has 2 aromatic carbocycles. The van der Waals surface area contributed by atoms with Crippen LogP contribution in [0.3, 0.4) is 0 Å². The van der Waals surface area contributed by atoms with Gasteiger partial charge in [0.15, 0.2) is 10.9 Å². The van der Waals surface area contributed by atoms with E-state index in [9.17, 15) is 24.3 Å². The van der Waals surface area contributed by atoms with E-state index in [-0.39, 0.29) is 17.4 Å².